The Kier molecular flexibility index (Phi) is 3.19. The van der Waals surface area contributed by atoms with Crippen molar-refractivity contribution in [3.05, 3.63) is 16.6 Å². The molecule has 0 radical (unpaired) electrons. The van der Waals surface area contributed by atoms with Gasteiger partial charge in [-0.1, -0.05) is 0 Å². The summed E-state index contributed by atoms with van der Waals surface area (Å²) in [6, 6.07) is -0.190. The summed E-state index contributed by atoms with van der Waals surface area (Å²) < 4.78 is 0. The van der Waals surface area contributed by atoms with Crippen molar-refractivity contribution in [3.63, 3.8) is 0 Å². The summed E-state index contributed by atoms with van der Waals surface area (Å²) >= 11 is 1.44. The molecule has 0 unspecified atom stereocenters. The number of carboxylic acid groups (broad SMARTS) is 1. The second-order valence-corrected chi connectivity index (χ2v) is 4.76. The number of amides is 1. The predicted octanol–water partition coefficient (Wildman–Crippen LogP) is 1.19. The van der Waals surface area contributed by atoms with E-state index in [9.17, 15) is 9.59 Å². The first-order valence-corrected chi connectivity index (χ1v) is 5.94. The smallest absolute Gasteiger partial charge is 0.303 e. The van der Waals surface area contributed by atoms with Crippen molar-refractivity contribution >= 4 is 23.2 Å². The predicted molar refractivity (Wildman–Crippen MR) is 58.0 cm³/mol. The number of nitrogens with zero attached hydrogens (tertiary/aromatic N) is 1. The Morgan fingerprint density at radius 2 is 2.50 bits per heavy atom. The number of hydrogen-bond acceptors (Lipinski definition) is 4. The molecular formula is C10H12N2O3S. The van der Waals surface area contributed by atoms with Crippen LogP contribution in [0, 0.1) is 5.92 Å². The molecule has 5 nitrogen and oxygen atoms in total. The fourth-order valence-electron chi connectivity index (χ4n) is 1.97. The number of rotatable bonds is 3. The van der Waals surface area contributed by atoms with Gasteiger partial charge < -0.3 is 10.4 Å². The molecule has 0 bridgehead atoms. The van der Waals surface area contributed by atoms with Gasteiger partial charge in [-0.2, -0.15) is 0 Å². The number of aromatic nitrogens is 1. The monoisotopic (exact) mass is 240 g/mol. The Labute approximate surface area is 96.5 Å². The fraction of sp³-hybridized carbons (Fsp3) is 0.500. The summed E-state index contributed by atoms with van der Waals surface area (Å²) in [5.74, 6) is -0.869. The lowest BCUT2D eigenvalue weighted by Crippen LogP contribution is -2.38. The average molecular weight is 240 g/mol. The van der Waals surface area contributed by atoms with E-state index in [2.05, 4.69) is 10.3 Å². The highest BCUT2D eigenvalue weighted by molar-refractivity contribution is 7.09. The van der Waals surface area contributed by atoms with Crippen molar-refractivity contribution < 1.29 is 14.7 Å². The van der Waals surface area contributed by atoms with Crippen molar-refractivity contribution in [1.29, 1.82) is 0 Å². The zero-order valence-corrected chi connectivity index (χ0v) is 9.37. The number of nitrogens with one attached hydrogen (secondary N) is 1. The molecule has 1 saturated heterocycles. The Bertz CT molecular complexity index is 391. The molecule has 2 heterocycles. The highest BCUT2D eigenvalue weighted by Gasteiger charge is 2.32. The van der Waals surface area contributed by atoms with E-state index in [0.717, 1.165) is 4.88 Å². The quantitative estimate of drug-likeness (QED) is 0.831. The lowest BCUT2D eigenvalue weighted by atomic mass is 9.87. The van der Waals surface area contributed by atoms with Crippen molar-refractivity contribution in [3.8, 4) is 0 Å². The Morgan fingerprint density at radius 3 is 3.12 bits per heavy atom. The molecule has 2 atom stereocenters. The van der Waals surface area contributed by atoms with Crippen molar-refractivity contribution in [1.82, 2.24) is 10.3 Å². The Morgan fingerprint density at radius 1 is 1.69 bits per heavy atom. The first-order valence-electron chi connectivity index (χ1n) is 5.06. The van der Waals surface area contributed by atoms with Crippen LogP contribution in [0.5, 0.6) is 0 Å². The topological polar surface area (TPSA) is 79.3 Å². The summed E-state index contributed by atoms with van der Waals surface area (Å²) in [4.78, 5) is 27.0. The molecule has 1 fully saturated rings. The first kappa shape index (κ1) is 11.1. The minimum absolute atomic E-state index is 0.0139. The van der Waals surface area contributed by atoms with Crippen molar-refractivity contribution in [2.45, 2.75) is 25.3 Å². The van der Waals surface area contributed by atoms with E-state index in [1.165, 1.54) is 11.3 Å². The van der Waals surface area contributed by atoms with E-state index >= 15 is 0 Å². The van der Waals surface area contributed by atoms with Crippen LogP contribution in [0.15, 0.2) is 11.7 Å². The summed E-state index contributed by atoms with van der Waals surface area (Å²) in [5, 5.41) is 11.7. The van der Waals surface area contributed by atoms with Crippen LogP contribution >= 0.6 is 11.3 Å². The van der Waals surface area contributed by atoms with Crippen LogP contribution in [0.3, 0.4) is 0 Å². The van der Waals surface area contributed by atoms with Crippen molar-refractivity contribution in [2.24, 2.45) is 5.92 Å². The SMILES string of the molecule is O=C(O)C[C@H]1CCC(=O)N[C@@H]1c1cncs1. The molecule has 1 aliphatic heterocycles. The van der Waals surface area contributed by atoms with Crippen LogP contribution in [0.2, 0.25) is 0 Å². The molecular weight excluding hydrogens is 228 g/mol. The molecule has 0 saturated carbocycles. The number of hydrogen-bond donors (Lipinski definition) is 2. The number of carbonyl (C=O) groups excluding carboxylic acids is 1. The molecule has 0 aliphatic carbocycles. The third kappa shape index (κ3) is 2.38. The van der Waals surface area contributed by atoms with Gasteiger partial charge >= 0.3 is 5.97 Å². The minimum Gasteiger partial charge on any atom is -0.481 e. The molecule has 6 heteroatoms. The zero-order chi connectivity index (χ0) is 11.5. The van der Waals surface area contributed by atoms with E-state index in [-0.39, 0.29) is 24.3 Å². The van der Waals surface area contributed by atoms with Crippen LogP contribution in [-0.2, 0) is 9.59 Å². The van der Waals surface area contributed by atoms with Gasteiger partial charge in [0.1, 0.15) is 0 Å². The van der Waals surface area contributed by atoms with Crippen LogP contribution in [0.1, 0.15) is 30.2 Å². The summed E-state index contributed by atoms with van der Waals surface area (Å²) in [6.45, 7) is 0. The van der Waals surface area contributed by atoms with Crippen LogP contribution in [-0.4, -0.2) is 22.0 Å². The Balaban J connectivity index is 2.15. The molecule has 1 aliphatic rings. The lowest BCUT2D eigenvalue weighted by Gasteiger charge is -2.30. The van der Waals surface area contributed by atoms with Gasteiger partial charge in [-0.05, 0) is 12.3 Å². The molecule has 1 aromatic rings. The van der Waals surface area contributed by atoms with Crippen LogP contribution in [0.25, 0.3) is 0 Å². The largest absolute Gasteiger partial charge is 0.481 e. The van der Waals surface area contributed by atoms with Gasteiger partial charge in [-0.15, -0.1) is 11.3 Å². The normalized spacial score (nSPS) is 25.1. The number of piperidine rings is 1. The van der Waals surface area contributed by atoms with E-state index in [1.54, 1.807) is 11.7 Å². The maximum atomic E-state index is 11.3. The molecule has 86 valence electrons. The Hall–Kier alpha value is -1.43. The van der Waals surface area contributed by atoms with Gasteiger partial charge in [0, 0.05) is 17.5 Å². The van der Waals surface area contributed by atoms with E-state index in [1.807, 2.05) is 0 Å². The molecule has 1 aromatic heterocycles. The van der Waals surface area contributed by atoms with Gasteiger partial charge in [-0.3, -0.25) is 14.6 Å². The second-order valence-electron chi connectivity index (χ2n) is 3.85. The molecule has 1 amide bonds. The van der Waals surface area contributed by atoms with Gasteiger partial charge in [0.15, 0.2) is 0 Å². The number of thiazole rings is 1. The van der Waals surface area contributed by atoms with E-state index < -0.39 is 5.97 Å². The third-order valence-corrected chi connectivity index (χ3v) is 3.58. The maximum Gasteiger partial charge on any atom is 0.303 e. The molecule has 2 N–H and O–H groups in total. The van der Waals surface area contributed by atoms with Gasteiger partial charge in [0.05, 0.1) is 18.0 Å². The fourth-order valence-corrected chi connectivity index (χ4v) is 2.74. The number of aliphatic carboxylic acids is 1. The van der Waals surface area contributed by atoms with E-state index in [4.69, 9.17) is 5.11 Å². The number of carboxylic acids is 1. The lowest BCUT2D eigenvalue weighted by molar-refractivity contribution is -0.139. The molecule has 0 aromatic carbocycles. The molecule has 2 rings (SSSR count). The van der Waals surface area contributed by atoms with Gasteiger partial charge in [-0.25, -0.2) is 0 Å². The van der Waals surface area contributed by atoms with Crippen LogP contribution in [0.4, 0.5) is 0 Å². The highest BCUT2D eigenvalue weighted by Crippen LogP contribution is 2.33. The van der Waals surface area contributed by atoms with Crippen molar-refractivity contribution in [2.75, 3.05) is 0 Å². The molecule has 16 heavy (non-hydrogen) atoms. The maximum absolute atomic E-state index is 11.3. The molecule has 0 spiro atoms. The van der Waals surface area contributed by atoms with E-state index in [0.29, 0.717) is 12.8 Å². The first-order chi connectivity index (χ1) is 7.66. The average Bonchev–Trinajstić information content (AvgIpc) is 2.73. The standard InChI is InChI=1S/C10H12N2O3S/c13-8-2-1-6(3-9(14)15)10(12-8)7-4-11-5-16-7/h4-6,10H,1-3H2,(H,12,13)(H,14,15)/t6-,10+/m1/s1. The number of carbonyl (C=O) groups is 2. The third-order valence-electron chi connectivity index (χ3n) is 2.72. The zero-order valence-electron chi connectivity index (χ0n) is 8.55. The second kappa shape index (κ2) is 4.61. The van der Waals surface area contributed by atoms with Crippen LogP contribution < -0.4 is 5.32 Å². The minimum atomic E-state index is -0.823. The summed E-state index contributed by atoms with van der Waals surface area (Å²) in [5.41, 5.74) is 1.69. The van der Waals surface area contributed by atoms with Gasteiger partial charge in [0.2, 0.25) is 5.91 Å². The highest BCUT2D eigenvalue weighted by atomic mass is 32.1. The summed E-state index contributed by atoms with van der Waals surface area (Å²) in [7, 11) is 0. The summed E-state index contributed by atoms with van der Waals surface area (Å²) in [6.07, 6.45) is 2.81. The van der Waals surface area contributed by atoms with Gasteiger partial charge in [0.25, 0.3) is 0 Å².